The number of esters is 1. The van der Waals surface area contributed by atoms with Gasteiger partial charge in [-0.3, -0.25) is 10.1 Å². The molecule has 0 fully saturated rings. The normalized spacial score (nSPS) is 15.1. The van der Waals surface area contributed by atoms with E-state index in [-0.39, 0.29) is 16.9 Å². The first-order valence-corrected chi connectivity index (χ1v) is 5.87. The van der Waals surface area contributed by atoms with E-state index in [1.807, 2.05) is 0 Å². The van der Waals surface area contributed by atoms with Gasteiger partial charge < -0.3 is 9.30 Å². The zero-order chi connectivity index (χ0) is 15.1. The molecule has 1 aliphatic heterocycles. The van der Waals surface area contributed by atoms with Gasteiger partial charge in [-0.05, 0) is 6.07 Å². The van der Waals surface area contributed by atoms with Crippen LogP contribution in [-0.4, -0.2) is 20.4 Å². The van der Waals surface area contributed by atoms with E-state index in [0.717, 1.165) is 12.1 Å². The number of halogens is 1. The molecule has 8 heteroatoms. The van der Waals surface area contributed by atoms with E-state index < -0.39 is 22.4 Å². The van der Waals surface area contributed by atoms with Crippen molar-refractivity contribution in [2.24, 2.45) is 7.05 Å². The van der Waals surface area contributed by atoms with Crippen LogP contribution in [0.5, 0.6) is 0 Å². The van der Waals surface area contributed by atoms with Crippen LogP contribution >= 0.6 is 0 Å². The fourth-order valence-corrected chi connectivity index (χ4v) is 2.10. The number of imidazole rings is 1. The number of nitrogens with zero attached hydrogens (tertiary/aromatic N) is 3. The highest BCUT2D eigenvalue weighted by Gasteiger charge is 2.35. The molecule has 1 aliphatic rings. The van der Waals surface area contributed by atoms with Crippen molar-refractivity contribution in [3.63, 3.8) is 0 Å². The van der Waals surface area contributed by atoms with Crippen molar-refractivity contribution in [3.05, 3.63) is 57.4 Å². The Morgan fingerprint density at radius 2 is 2.24 bits per heavy atom. The van der Waals surface area contributed by atoms with E-state index in [0.29, 0.717) is 5.82 Å². The number of nitro benzene ring substituents is 1. The molecular formula is C13H8FN3O4. The zero-order valence-corrected chi connectivity index (χ0v) is 10.7. The second-order valence-electron chi connectivity index (χ2n) is 4.40. The first-order valence-electron chi connectivity index (χ1n) is 5.87. The van der Waals surface area contributed by atoms with Crippen LogP contribution in [-0.2, 0) is 11.8 Å². The fourth-order valence-electron chi connectivity index (χ4n) is 2.10. The third-order valence-electron chi connectivity index (χ3n) is 3.07. The average Bonchev–Trinajstić information content (AvgIpc) is 2.95. The SMILES string of the molecule is Cn1ccnc1C=C1OC(=O)c2cc(F)cc([N+](=O)[O-])c21. The van der Waals surface area contributed by atoms with Gasteiger partial charge in [-0.15, -0.1) is 0 Å². The van der Waals surface area contributed by atoms with Gasteiger partial charge in [0.25, 0.3) is 5.69 Å². The largest absolute Gasteiger partial charge is 0.422 e. The second kappa shape index (κ2) is 4.51. The molecule has 2 aromatic rings. The Labute approximate surface area is 117 Å². The maximum absolute atomic E-state index is 13.4. The molecular weight excluding hydrogens is 281 g/mol. The Morgan fingerprint density at radius 3 is 2.86 bits per heavy atom. The fraction of sp³-hybridized carbons (Fsp3) is 0.0769. The van der Waals surface area contributed by atoms with Crippen LogP contribution in [0.2, 0.25) is 0 Å². The minimum Gasteiger partial charge on any atom is -0.422 e. The quantitative estimate of drug-likeness (QED) is 0.480. The molecule has 0 atom stereocenters. The summed E-state index contributed by atoms with van der Waals surface area (Å²) >= 11 is 0. The van der Waals surface area contributed by atoms with Crippen LogP contribution in [0.1, 0.15) is 21.7 Å². The van der Waals surface area contributed by atoms with Gasteiger partial charge in [-0.1, -0.05) is 0 Å². The maximum atomic E-state index is 13.4. The summed E-state index contributed by atoms with van der Waals surface area (Å²) < 4.78 is 20.0. The molecule has 1 aromatic carbocycles. The Morgan fingerprint density at radius 1 is 1.48 bits per heavy atom. The van der Waals surface area contributed by atoms with Gasteiger partial charge in [0.1, 0.15) is 23.0 Å². The summed E-state index contributed by atoms with van der Waals surface area (Å²) in [6.45, 7) is 0. The van der Waals surface area contributed by atoms with Gasteiger partial charge in [0.05, 0.1) is 16.6 Å². The lowest BCUT2D eigenvalue weighted by atomic mass is 10.1. The molecule has 7 nitrogen and oxygen atoms in total. The van der Waals surface area contributed by atoms with E-state index >= 15 is 0 Å². The van der Waals surface area contributed by atoms with E-state index in [2.05, 4.69) is 4.98 Å². The zero-order valence-electron chi connectivity index (χ0n) is 10.7. The molecule has 106 valence electrons. The van der Waals surface area contributed by atoms with E-state index in [1.165, 1.54) is 12.3 Å². The van der Waals surface area contributed by atoms with Crippen molar-refractivity contribution in [2.75, 3.05) is 0 Å². The van der Waals surface area contributed by atoms with Gasteiger partial charge in [0.15, 0.2) is 0 Å². The summed E-state index contributed by atoms with van der Waals surface area (Å²) in [5, 5.41) is 11.1. The van der Waals surface area contributed by atoms with Crippen molar-refractivity contribution in [1.29, 1.82) is 0 Å². The Kier molecular flexibility index (Phi) is 2.79. The van der Waals surface area contributed by atoms with Crippen LogP contribution in [0.4, 0.5) is 10.1 Å². The predicted octanol–water partition coefficient (Wildman–Crippen LogP) is 2.14. The number of aryl methyl sites for hydroxylation is 1. The highest BCUT2D eigenvalue weighted by molar-refractivity contribution is 6.07. The lowest BCUT2D eigenvalue weighted by Gasteiger charge is -2.01. The monoisotopic (exact) mass is 289 g/mol. The van der Waals surface area contributed by atoms with Gasteiger partial charge >= 0.3 is 5.97 Å². The second-order valence-corrected chi connectivity index (χ2v) is 4.40. The maximum Gasteiger partial charge on any atom is 0.344 e. The molecule has 3 rings (SSSR count). The molecule has 21 heavy (non-hydrogen) atoms. The number of nitro groups is 1. The van der Waals surface area contributed by atoms with Crippen LogP contribution in [0.25, 0.3) is 11.8 Å². The van der Waals surface area contributed by atoms with E-state index in [9.17, 15) is 19.3 Å². The summed E-state index contributed by atoms with van der Waals surface area (Å²) in [5.74, 6) is -1.26. The number of hydrogen-bond donors (Lipinski definition) is 0. The molecule has 0 aliphatic carbocycles. The van der Waals surface area contributed by atoms with Gasteiger partial charge in [0.2, 0.25) is 0 Å². The van der Waals surface area contributed by atoms with Crippen molar-refractivity contribution >= 4 is 23.5 Å². The lowest BCUT2D eigenvalue weighted by Crippen LogP contribution is -1.98. The molecule has 0 amide bonds. The Bertz CT molecular complexity index is 810. The molecule has 0 spiro atoms. The van der Waals surface area contributed by atoms with Crippen LogP contribution < -0.4 is 0 Å². The molecule has 0 radical (unpaired) electrons. The number of hydrogen-bond acceptors (Lipinski definition) is 5. The summed E-state index contributed by atoms with van der Waals surface area (Å²) in [6, 6.07) is 1.68. The summed E-state index contributed by atoms with van der Waals surface area (Å²) in [6.07, 6.45) is 4.60. The summed E-state index contributed by atoms with van der Waals surface area (Å²) in [5.41, 5.74) is -0.715. The van der Waals surface area contributed by atoms with Crippen molar-refractivity contribution < 1.29 is 18.8 Å². The number of aromatic nitrogens is 2. The number of fused-ring (bicyclic) bond motifs is 1. The number of cyclic esters (lactones) is 1. The highest BCUT2D eigenvalue weighted by atomic mass is 19.1. The molecule has 0 saturated heterocycles. The average molecular weight is 289 g/mol. The number of carbonyl (C=O) groups excluding carboxylic acids is 1. The van der Waals surface area contributed by atoms with Crippen LogP contribution in [0, 0.1) is 15.9 Å². The molecule has 0 bridgehead atoms. The number of ether oxygens (including phenoxy) is 1. The van der Waals surface area contributed by atoms with Crippen LogP contribution in [0.15, 0.2) is 24.5 Å². The molecule has 0 saturated carbocycles. The summed E-state index contributed by atoms with van der Waals surface area (Å²) in [7, 11) is 1.72. The van der Waals surface area contributed by atoms with Gasteiger partial charge in [-0.25, -0.2) is 14.2 Å². The molecule has 2 heterocycles. The minimum atomic E-state index is -0.865. The standard InChI is InChI=1S/C13H8FN3O4/c1-16-3-2-15-11(16)6-10-12-8(13(18)21-10)4-7(14)5-9(12)17(19)20/h2-6H,1H3. The third-order valence-corrected chi connectivity index (χ3v) is 3.07. The van der Waals surface area contributed by atoms with Crippen molar-refractivity contribution in [2.45, 2.75) is 0 Å². The third kappa shape index (κ3) is 2.06. The molecule has 0 unspecified atom stereocenters. The van der Waals surface area contributed by atoms with Gasteiger partial charge in [-0.2, -0.15) is 0 Å². The Hall–Kier alpha value is -3.03. The smallest absolute Gasteiger partial charge is 0.344 e. The predicted molar refractivity (Wildman–Crippen MR) is 69.5 cm³/mol. The van der Waals surface area contributed by atoms with Crippen molar-refractivity contribution in [3.8, 4) is 0 Å². The topological polar surface area (TPSA) is 87.3 Å². The highest BCUT2D eigenvalue weighted by Crippen LogP contribution is 2.38. The molecule has 0 N–H and O–H groups in total. The van der Waals surface area contributed by atoms with Crippen molar-refractivity contribution in [1.82, 2.24) is 9.55 Å². The number of rotatable bonds is 2. The van der Waals surface area contributed by atoms with Gasteiger partial charge in [0, 0.05) is 25.5 Å². The Balaban J connectivity index is 2.24. The number of benzene rings is 1. The summed E-state index contributed by atoms with van der Waals surface area (Å²) in [4.78, 5) is 26.1. The minimum absolute atomic E-state index is 0.0176. The molecule has 1 aromatic heterocycles. The van der Waals surface area contributed by atoms with E-state index in [4.69, 9.17) is 4.74 Å². The first-order chi connectivity index (χ1) is 9.97. The lowest BCUT2D eigenvalue weighted by molar-refractivity contribution is -0.385. The number of carbonyl (C=O) groups is 1. The van der Waals surface area contributed by atoms with E-state index in [1.54, 1.807) is 17.8 Å². The first kappa shape index (κ1) is 13.0. The van der Waals surface area contributed by atoms with Crippen LogP contribution in [0.3, 0.4) is 0 Å².